The summed E-state index contributed by atoms with van der Waals surface area (Å²) in [5.74, 6) is 0.273. The number of hydrogen-bond donors (Lipinski definition) is 3. The molecule has 0 aliphatic carbocycles. The van der Waals surface area contributed by atoms with Crippen LogP contribution in [0.5, 0.6) is 5.75 Å². The molecule has 0 radical (unpaired) electrons. The van der Waals surface area contributed by atoms with Crippen molar-refractivity contribution in [1.29, 1.82) is 0 Å². The molecule has 3 rings (SSSR count). The zero-order valence-electron chi connectivity index (χ0n) is 8.27. The molecule has 2 aromatic heterocycles. The number of hydrogen-bond acceptors (Lipinski definition) is 4. The average Bonchev–Trinajstić information content (AvgIpc) is 2.82. The third-order valence-corrected chi connectivity index (χ3v) is 3.55. The molecule has 0 amide bonds. The highest BCUT2D eigenvalue weighted by molar-refractivity contribution is 7.22. The van der Waals surface area contributed by atoms with Gasteiger partial charge in [0, 0.05) is 4.70 Å². The second kappa shape index (κ2) is 3.24. The maximum Gasteiger partial charge on any atom is 0.116 e. The first kappa shape index (κ1) is 9.23. The zero-order valence-corrected chi connectivity index (χ0v) is 9.08. The fourth-order valence-electron chi connectivity index (χ4n) is 1.65. The maximum atomic E-state index is 9.38. The summed E-state index contributed by atoms with van der Waals surface area (Å²) in [6.07, 6.45) is 1.59. The van der Waals surface area contributed by atoms with Crippen LogP contribution in [0, 0.1) is 0 Å². The minimum Gasteiger partial charge on any atom is -0.508 e. The van der Waals surface area contributed by atoms with Crippen molar-refractivity contribution in [1.82, 2.24) is 10.2 Å². The van der Waals surface area contributed by atoms with Crippen LogP contribution in [0.3, 0.4) is 0 Å². The monoisotopic (exact) mass is 231 g/mol. The number of phenolic OH excluding ortho intramolecular Hbond substituents is 1. The number of nitrogens with two attached hydrogens (primary N) is 1. The molecule has 0 aliphatic heterocycles. The Bertz CT molecular complexity index is 656. The van der Waals surface area contributed by atoms with E-state index < -0.39 is 0 Å². The lowest BCUT2D eigenvalue weighted by Crippen LogP contribution is -1.83. The van der Waals surface area contributed by atoms with Crippen LogP contribution in [0.2, 0.25) is 0 Å². The third-order valence-electron chi connectivity index (χ3n) is 2.41. The van der Waals surface area contributed by atoms with Gasteiger partial charge in [-0.25, -0.2) is 0 Å². The van der Waals surface area contributed by atoms with Gasteiger partial charge in [-0.15, -0.1) is 11.3 Å². The van der Waals surface area contributed by atoms with E-state index in [2.05, 4.69) is 10.2 Å². The Hall–Kier alpha value is -2.01. The fourth-order valence-corrected chi connectivity index (χ4v) is 2.71. The van der Waals surface area contributed by atoms with Gasteiger partial charge in [0.05, 0.1) is 22.5 Å². The molecular weight excluding hydrogens is 222 g/mol. The summed E-state index contributed by atoms with van der Waals surface area (Å²) < 4.78 is 1.11. The van der Waals surface area contributed by atoms with Crippen molar-refractivity contribution < 1.29 is 5.11 Å². The molecule has 0 atom stereocenters. The number of nitrogens with zero attached hydrogens (tertiary/aromatic N) is 1. The number of thiophene rings is 1. The van der Waals surface area contributed by atoms with Gasteiger partial charge in [-0.05, 0) is 29.7 Å². The summed E-state index contributed by atoms with van der Waals surface area (Å²) in [5.41, 5.74) is 7.26. The van der Waals surface area contributed by atoms with E-state index in [0.717, 1.165) is 20.7 Å². The van der Waals surface area contributed by atoms with Crippen LogP contribution in [0.4, 0.5) is 5.69 Å². The summed E-state index contributed by atoms with van der Waals surface area (Å²) >= 11 is 1.62. The van der Waals surface area contributed by atoms with E-state index in [1.807, 2.05) is 12.1 Å². The summed E-state index contributed by atoms with van der Waals surface area (Å²) in [4.78, 5) is 1.02. The lowest BCUT2D eigenvalue weighted by molar-refractivity contribution is 0.476. The highest BCUT2D eigenvalue weighted by Crippen LogP contribution is 2.35. The van der Waals surface area contributed by atoms with Gasteiger partial charge in [0.2, 0.25) is 0 Å². The Labute approximate surface area is 95.3 Å². The first-order valence-corrected chi connectivity index (χ1v) is 5.57. The standard InChI is InChI=1S/C11H9N3OS/c12-8-5-13-14-11(8)10-4-6-3-7(15)1-2-9(6)16-10/h1-5,15H,12H2,(H,13,14). The van der Waals surface area contributed by atoms with E-state index in [1.165, 1.54) is 0 Å². The molecule has 5 heteroatoms. The van der Waals surface area contributed by atoms with Crippen LogP contribution in [0.15, 0.2) is 30.5 Å². The van der Waals surface area contributed by atoms with Crippen molar-refractivity contribution >= 4 is 27.1 Å². The van der Waals surface area contributed by atoms with E-state index in [1.54, 1.807) is 29.7 Å². The lowest BCUT2D eigenvalue weighted by atomic mass is 10.2. The number of rotatable bonds is 1. The molecule has 3 aromatic rings. The van der Waals surface area contributed by atoms with Gasteiger partial charge >= 0.3 is 0 Å². The van der Waals surface area contributed by atoms with Gasteiger partial charge < -0.3 is 10.8 Å². The van der Waals surface area contributed by atoms with Crippen molar-refractivity contribution in [3.05, 3.63) is 30.5 Å². The number of nitrogen functional groups attached to an aromatic ring is 1. The number of H-pyrrole nitrogens is 1. The van der Waals surface area contributed by atoms with Gasteiger partial charge in [-0.3, -0.25) is 5.10 Å². The fraction of sp³-hybridized carbons (Fsp3) is 0. The lowest BCUT2D eigenvalue weighted by Gasteiger charge is -1.91. The highest BCUT2D eigenvalue weighted by atomic mass is 32.1. The zero-order chi connectivity index (χ0) is 11.1. The van der Waals surface area contributed by atoms with Crippen LogP contribution in [0.1, 0.15) is 0 Å². The molecule has 2 heterocycles. The van der Waals surface area contributed by atoms with Gasteiger partial charge in [0.15, 0.2) is 0 Å². The van der Waals surface area contributed by atoms with Crippen molar-refractivity contribution in [3.63, 3.8) is 0 Å². The second-order valence-electron chi connectivity index (χ2n) is 3.53. The van der Waals surface area contributed by atoms with Crippen LogP contribution in [-0.2, 0) is 0 Å². The predicted octanol–water partition coefficient (Wildman–Crippen LogP) is 2.58. The van der Waals surface area contributed by atoms with Crippen molar-refractivity contribution in [2.45, 2.75) is 0 Å². The second-order valence-corrected chi connectivity index (χ2v) is 4.62. The van der Waals surface area contributed by atoms with Crippen molar-refractivity contribution in [2.75, 3.05) is 5.73 Å². The Morgan fingerprint density at radius 3 is 2.94 bits per heavy atom. The number of phenols is 1. The van der Waals surface area contributed by atoms with Crippen LogP contribution >= 0.6 is 11.3 Å². The normalized spacial score (nSPS) is 11.0. The Balaban J connectivity index is 2.23. The third kappa shape index (κ3) is 1.33. The molecular formula is C11H9N3OS. The number of aromatic nitrogens is 2. The van der Waals surface area contributed by atoms with Crippen LogP contribution in [0.25, 0.3) is 20.7 Å². The van der Waals surface area contributed by atoms with E-state index >= 15 is 0 Å². The van der Waals surface area contributed by atoms with Crippen LogP contribution in [-0.4, -0.2) is 15.3 Å². The van der Waals surface area contributed by atoms with Crippen molar-refractivity contribution in [2.24, 2.45) is 0 Å². The molecule has 4 N–H and O–H groups in total. The van der Waals surface area contributed by atoms with Crippen molar-refractivity contribution in [3.8, 4) is 16.3 Å². The molecule has 0 spiro atoms. The predicted molar refractivity (Wildman–Crippen MR) is 65.5 cm³/mol. The maximum absolute atomic E-state index is 9.38. The van der Waals surface area contributed by atoms with Crippen LogP contribution < -0.4 is 5.73 Å². The summed E-state index contributed by atoms with van der Waals surface area (Å²) in [6, 6.07) is 7.30. The van der Waals surface area contributed by atoms with Gasteiger partial charge in [0.1, 0.15) is 5.75 Å². The largest absolute Gasteiger partial charge is 0.508 e. The number of nitrogens with one attached hydrogen (secondary N) is 1. The number of anilines is 1. The average molecular weight is 231 g/mol. The molecule has 80 valence electrons. The SMILES string of the molecule is Nc1cn[nH]c1-c1cc2cc(O)ccc2s1. The molecule has 0 saturated carbocycles. The van der Waals surface area contributed by atoms with E-state index in [9.17, 15) is 5.11 Å². The van der Waals surface area contributed by atoms with Gasteiger partial charge in [0.25, 0.3) is 0 Å². The number of aromatic hydroxyl groups is 1. The minimum absolute atomic E-state index is 0.273. The molecule has 0 aliphatic rings. The topological polar surface area (TPSA) is 74.9 Å². The van der Waals surface area contributed by atoms with E-state index in [0.29, 0.717) is 5.69 Å². The number of fused-ring (bicyclic) bond motifs is 1. The number of benzene rings is 1. The molecule has 0 fully saturated rings. The number of aromatic amines is 1. The first-order chi connectivity index (χ1) is 7.74. The quantitative estimate of drug-likeness (QED) is 0.602. The molecule has 1 aromatic carbocycles. The Morgan fingerprint density at radius 1 is 1.31 bits per heavy atom. The van der Waals surface area contributed by atoms with Gasteiger partial charge in [-0.2, -0.15) is 5.10 Å². The summed E-state index contributed by atoms with van der Waals surface area (Å²) in [7, 11) is 0. The first-order valence-electron chi connectivity index (χ1n) is 4.76. The molecule has 0 saturated heterocycles. The highest BCUT2D eigenvalue weighted by Gasteiger charge is 2.09. The molecule has 4 nitrogen and oxygen atoms in total. The van der Waals surface area contributed by atoms with Gasteiger partial charge in [-0.1, -0.05) is 0 Å². The molecule has 0 bridgehead atoms. The summed E-state index contributed by atoms with van der Waals surface area (Å²) in [5, 5.41) is 17.2. The summed E-state index contributed by atoms with van der Waals surface area (Å²) in [6.45, 7) is 0. The molecule has 0 unspecified atom stereocenters. The van der Waals surface area contributed by atoms with E-state index in [-0.39, 0.29) is 5.75 Å². The molecule has 16 heavy (non-hydrogen) atoms. The Kier molecular flexibility index (Phi) is 1.87. The van der Waals surface area contributed by atoms with E-state index in [4.69, 9.17) is 5.73 Å². The Morgan fingerprint density at radius 2 is 2.19 bits per heavy atom. The smallest absolute Gasteiger partial charge is 0.116 e. The minimum atomic E-state index is 0.273.